The third-order valence-corrected chi connectivity index (χ3v) is 4.51. The molecule has 0 aromatic heterocycles. The molecule has 0 saturated heterocycles. The molecule has 1 amide bonds. The normalized spacial score (nSPS) is 12.0. The number of non-ortho nitro benzene ring substituents is 1. The van der Waals surface area contributed by atoms with Crippen LogP contribution in [-0.2, 0) is 15.9 Å². The maximum atomic E-state index is 12.7. The van der Waals surface area contributed by atoms with Gasteiger partial charge in [0.1, 0.15) is 29.8 Å². The van der Waals surface area contributed by atoms with Crippen LogP contribution in [0.5, 0.6) is 11.5 Å². The van der Waals surface area contributed by atoms with Crippen molar-refractivity contribution in [3.63, 3.8) is 0 Å². The standard InChI is InChI=1S/C24H32N2O8/c1-24(2,3)34-23(28)25(14-13-18-5-7-19(8-6-18)26(29)30)15-20(27)16-32-21-9-11-22(12-10-21)33-17-31-4/h5-12,20,27H,13-17H2,1-4H3/t20-/m0/s1. The van der Waals surface area contributed by atoms with E-state index in [9.17, 15) is 20.0 Å². The molecule has 1 N–H and O–H groups in total. The number of methoxy groups -OCH3 is 1. The molecule has 2 aromatic carbocycles. The average Bonchev–Trinajstić information content (AvgIpc) is 2.78. The second kappa shape index (κ2) is 12.8. The van der Waals surface area contributed by atoms with Gasteiger partial charge in [0.25, 0.3) is 5.69 Å². The lowest BCUT2D eigenvalue weighted by molar-refractivity contribution is -0.384. The number of amides is 1. The minimum Gasteiger partial charge on any atom is -0.491 e. The Morgan fingerprint density at radius 1 is 1.06 bits per heavy atom. The van der Waals surface area contributed by atoms with E-state index < -0.39 is 22.7 Å². The van der Waals surface area contributed by atoms with Crippen molar-refractivity contribution in [2.24, 2.45) is 0 Å². The zero-order valence-electron chi connectivity index (χ0n) is 19.9. The van der Waals surface area contributed by atoms with Crippen LogP contribution < -0.4 is 9.47 Å². The molecule has 0 radical (unpaired) electrons. The van der Waals surface area contributed by atoms with Crippen LogP contribution in [0.4, 0.5) is 10.5 Å². The summed E-state index contributed by atoms with van der Waals surface area (Å²) >= 11 is 0. The maximum Gasteiger partial charge on any atom is 0.410 e. The number of carbonyl (C=O) groups excluding carboxylic acids is 1. The molecular formula is C24H32N2O8. The van der Waals surface area contributed by atoms with Crippen molar-refractivity contribution in [3.05, 3.63) is 64.2 Å². The Labute approximate surface area is 199 Å². The Bertz CT molecular complexity index is 910. The van der Waals surface area contributed by atoms with E-state index >= 15 is 0 Å². The minimum atomic E-state index is -0.964. The molecule has 0 bridgehead atoms. The van der Waals surface area contributed by atoms with Crippen LogP contribution in [-0.4, -0.2) is 66.3 Å². The van der Waals surface area contributed by atoms with Gasteiger partial charge in [0.15, 0.2) is 6.79 Å². The van der Waals surface area contributed by atoms with E-state index in [1.165, 1.54) is 24.1 Å². The molecule has 0 spiro atoms. The van der Waals surface area contributed by atoms with Gasteiger partial charge in [0.05, 0.1) is 11.5 Å². The van der Waals surface area contributed by atoms with E-state index in [0.717, 1.165) is 5.56 Å². The summed E-state index contributed by atoms with van der Waals surface area (Å²) < 4.78 is 21.3. The number of carbonyl (C=O) groups is 1. The highest BCUT2D eigenvalue weighted by Crippen LogP contribution is 2.18. The first-order valence-electron chi connectivity index (χ1n) is 10.8. The van der Waals surface area contributed by atoms with Crippen molar-refractivity contribution in [3.8, 4) is 11.5 Å². The van der Waals surface area contributed by atoms with Crippen LogP contribution in [0.15, 0.2) is 48.5 Å². The van der Waals surface area contributed by atoms with E-state index in [-0.39, 0.29) is 32.2 Å². The second-order valence-corrected chi connectivity index (χ2v) is 8.59. The summed E-state index contributed by atoms with van der Waals surface area (Å²) in [6, 6.07) is 13.0. The Hall–Kier alpha value is -3.37. The Kier molecular flexibility index (Phi) is 10.1. The monoisotopic (exact) mass is 476 g/mol. The van der Waals surface area contributed by atoms with E-state index in [2.05, 4.69) is 0 Å². The fraction of sp³-hybridized carbons (Fsp3) is 0.458. The highest BCUT2D eigenvalue weighted by Gasteiger charge is 2.24. The molecule has 10 nitrogen and oxygen atoms in total. The van der Waals surface area contributed by atoms with Crippen LogP contribution in [0.3, 0.4) is 0 Å². The number of aliphatic hydroxyl groups excluding tert-OH is 1. The number of nitro groups is 1. The van der Waals surface area contributed by atoms with Gasteiger partial charge in [-0.3, -0.25) is 10.1 Å². The predicted molar refractivity (Wildman–Crippen MR) is 125 cm³/mol. The van der Waals surface area contributed by atoms with Crippen LogP contribution in [0.25, 0.3) is 0 Å². The van der Waals surface area contributed by atoms with Gasteiger partial charge in [-0.15, -0.1) is 0 Å². The van der Waals surface area contributed by atoms with E-state index in [1.807, 2.05) is 0 Å². The zero-order valence-corrected chi connectivity index (χ0v) is 19.9. The lowest BCUT2D eigenvalue weighted by Crippen LogP contribution is -2.43. The topological polar surface area (TPSA) is 121 Å². The highest BCUT2D eigenvalue weighted by molar-refractivity contribution is 5.68. The predicted octanol–water partition coefficient (Wildman–Crippen LogP) is 3.80. The Morgan fingerprint density at radius 3 is 2.18 bits per heavy atom. The smallest absolute Gasteiger partial charge is 0.410 e. The molecule has 186 valence electrons. The molecule has 0 aliphatic heterocycles. The second-order valence-electron chi connectivity index (χ2n) is 8.59. The molecule has 0 saturated carbocycles. The van der Waals surface area contributed by atoms with Crippen LogP contribution in [0.1, 0.15) is 26.3 Å². The molecular weight excluding hydrogens is 444 g/mol. The number of rotatable bonds is 12. The van der Waals surface area contributed by atoms with Gasteiger partial charge in [-0.05, 0) is 57.0 Å². The van der Waals surface area contributed by atoms with Crippen LogP contribution in [0, 0.1) is 10.1 Å². The highest BCUT2D eigenvalue weighted by atomic mass is 16.7. The molecule has 2 aromatic rings. The van der Waals surface area contributed by atoms with Gasteiger partial charge in [0, 0.05) is 25.8 Å². The average molecular weight is 477 g/mol. The molecule has 0 unspecified atom stereocenters. The first-order valence-corrected chi connectivity index (χ1v) is 10.8. The van der Waals surface area contributed by atoms with Gasteiger partial charge in [-0.2, -0.15) is 0 Å². The number of hydrogen-bond acceptors (Lipinski definition) is 8. The summed E-state index contributed by atoms with van der Waals surface area (Å²) in [5, 5.41) is 21.3. The number of ether oxygens (including phenoxy) is 4. The molecule has 0 heterocycles. The summed E-state index contributed by atoms with van der Waals surface area (Å²) in [5.74, 6) is 1.16. The summed E-state index contributed by atoms with van der Waals surface area (Å²) in [4.78, 5) is 24.5. The summed E-state index contributed by atoms with van der Waals surface area (Å²) in [6.45, 7) is 5.65. The lowest BCUT2D eigenvalue weighted by Gasteiger charge is -2.29. The SMILES string of the molecule is COCOc1ccc(OC[C@@H](O)CN(CCc2ccc([N+](=O)[O-])cc2)C(=O)OC(C)(C)C)cc1. The summed E-state index contributed by atoms with van der Waals surface area (Å²) in [7, 11) is 1.53. The first kappa shape index (κ1) is 26.9. The number of nitro benzene ring substituents is 1. The van der Waals surface area contributed by atoms with Gasteiger partial charge < -0.3 is 29.0 Å². The van der Waals surface area contributed by atoms with Crippen molar-refractivity contribution in [2.45, 2.75) is 38.9 Å². The molecule has 10 heteroatoms. The number of benzene rings is 2. The van der Waals surface area contributed by atoms with Crippen molar-refractivity contribution in [2.75, 3.05) is 33.6 Å². The third-order valence-electron chi connectivity index (χ3n) is 4.51. The molecule has 34 heavy (non-hydrogen) atoms. The summed E-state index contributed by atoms with van der Waals surface area (Å²) in [5.41, 5.74) is 0.121. The fourth-order valence-electron chi connectivity index (χ4n) is 2.89. The molecule has 0 aliphatic carbocycles. The number of aliphatic hydroxyl groups is 1. The molecule has 2 rings (SSSR count). The van der Waals surface area contributed by atoms with E-state index in [0.29, 0.717) is 17.9 Å². The van der Waals surface area contributed by atoms with Gasteiger partial charge in [0.2, 0.25) is 0 Å². The zero-order chi connectivity index (χ0) is 25.1. The van der Waals surface area contributed by atoms with Gasteiger partial charge in [-0.25, -0.2) is 4.79 Å². The lowest BCUT2D eigenvalue weighted by atomic mass is 10.1. The Morgan fingerprint density at radius 2 is 1.65 bits per heavy atom. The fourth-order valence-corrected chi connectivity index (χ4v) is 2.89. The van der Waals surface area contributed by atoms with Crippen molar-refractivity contribution < 1.29 is 33.8 Å². The Balaban J connectivity index is 1.95. The van der Waals surface area contributed by atoms with Gasteiger partial charge in [-0.1, -0.05) is 12.1 Å². The quantitative estimate of drug-likeness (QED) is 0.279. The van der Waals surface area contributed by atoms with Crippen molar-refractivity contribution in [1.82, 2.24) is 4.90 Å². The molecule has 1 atom stereocenters. The maximum absolute atomic E-state index is 12.7. The van der Waals surface area contributed by atoms with E-state index in [4.69, 9.17) is 18.9 Å². The third kappa shape index (κ3) is 9.63. The minimum absolute atomic E-state index is 0.00129. The number of hydrogen-bond donors (Lipinski definition) is 1. The molecule has 0 aliphatic rings. The first-order chi connectivity index (χ1) is 16.1. The van der Waals surface area contributed by atoms with Crippen LogP contribution in [0.2, 0.25) is 0 Å². The van der Waals surface area contributed by atoms with E-state index in [1.54, 1.807) is 57.2 Å². The van der Waals surface area contributed by atoms with Crippen LogP contribution >= 0.6 is 0 Å². The molecule has 0 fully saturated rings. The largest absolute Gasteiger partial charge is 0.491 e. The van der Waals surface area contributed by atoms with Crippen molar-refractivity contribution >= 4 is 11.8 Å². The van der Waals surface area contributed by atoms with Gasteiger partial charge >= 0.3 is 6.09 Å². The summed E-state index contributed by atoms with van der Waals surface area (Å²) in [6.07, 6.45) is -1.09. The number of nitrogens with zero attached hydrogens (tertiary/aromatic N) is 2. The van der Waals surface area contributed by atoms with Crippen molar-refractivity contribution in [1.29, 1.82) is 0 Å².